The van der Waals surface area contributed by atoms with Gasteiger partial charge in [0.15, 0.2) is 0 Å². The number of aromatic nitrogens is 1. The molecule has 3 aromatic rings. The molecule has 23 heavy (non-hydrogen) atoms. The molecule has 1 aliphatic heterocycles. The van der Waals surface area contributed by atoms with E-state index in [1.54, 1.807) is 0 Å². The van der Waals surface area contributed by atoms with Crippen molar-refractivity contribution in [2.45, 2.75) is 18.9 Å². The molecule has 2 heterocycles. The molecule has 2 aromatic carbocycles. The van der Waals surface area contributed by atoms with Crippen LogP contribution in [-0.2, 0) is 6.42 Å². The number of hydrogen-bond acceptors (Lipinski definition) is 1. The highest BCUT2D eigenvalue weighted by atomic mass is 127. The van der Waals surface area contributed by atoms with Crippen LogP contribution in [0.4, 0.5) is 8.78 Å². The minimum Gasteiger partial charge on any atom is -0.357 e. The molecule has 0 radical (unpaired) electrons. The van der Waals surface area contributed by atoms with Gasteiger partial charge in [0, 0.05) is 25.7 Å². The predicted octanol–water partition coefficient (Wildman–Crippen LogP) is 4.68. The summed E-state index contributed by atoms with van der Waals surface area (Å²) in [7, 11) is 0. The van der Waals surface area contributed by atoms with E-state index in [-0.39, 0.29) is 5.56 Å². The van der Waals surface area contributed by atoms with Crippen LogP contribution in [-0.4, -0.2) is 11.5 Å². The lowest BCUT2D eigenvalue weighted by Gasteiger charge is -2.19. The van der Waals surface area contributed by atoms with Crippen LogP contribution in [0, 0.1) is 15.2 Å². The summed E-state index contributed by atoms with van der Waals surface area (Å²) in [4.78, 5) is 3.38. The van der Waals surface area contributed by atoms with Gasteiger partial charge in [-0.15, -0.1) is 0 Å². The monoisotopic (exact) mass is 424 g/mol. The summed E-state index contributed by atoms with van der Waals surface area (Å²) < 4.78 is 29.5. The van der Waals surface area contributed by atoms with E-state index in [2.05, 4.69) is 16.4 Å². The molecule has 1 aromatic heterocycles. The van der Waals surface area contributed by atoms with Gasteiger partial charge in [0.05, 0.1) is 6.04 Å². The molecule has 0 spiro atoms. The average Bonchev–Trinajstić information content (AvgIpc) is 2.75. The summed E-state index contributed by atoms with van der Waals surface area (Å²) in [6.07, 6.45) is 1.84. The molecule has 2 nitrogen and oxygen atoms in total. The molecule has 1 unspecified atom stereocenters. The molecule has 1 aliphatic rings. The minimum atomic E-state index is -0.501. The standard InChI is InChI=1S/C18H15F2IN2/c19-13-8-10(21)9-14(20)16(13)18-17-12(5-3-7-22-18)11-4-1-2-6-15(11)23-17/h1-2,4,6,8-9,18,22-23H,3,5,7H2. The van der Waals surface area contributed by atoms with Gasteiger partial charge in [-0.2, -0.15) is 0 Å². The van der Waals surface area contributed by atoms with E-state index in [1.165, 1.54) is 12.1 Å². The van der Waals surface area contributed by atoms with E-state index in [0.717, 1.165) is 41.5 Å². The van der Waals surface area contributed by atoms with Crippen LogP contribution in [0.3, 0.4) is 0 Å². The van der Waals surface area contributed by atoms with E-state index < -0.39 is 17.7 Å². The Labute approximate surface area is 146 Å². The summed E-state index contributed by atoms with van der Waals surface area (Å²) >= 11 is 1.93. The van der Waals surface area contributed by atoms with E-state index in [9.17, 15) is 8.78 Å². The molecular weight excluding hydrogens is 409 g/mol. The highest BCUT2D eigenvalue weighted by Crippen LogP contribution is 2.35. The zero-order valence-electron chi connectivity index (χ0n) is 12.3. The number of fused-ring (bicyclic) bond motifs is 3. The first kappa shape index (κ1) is 15.1. The number of aromatic amines is 1. The van der Waals surface area contributed by atoms with Crippen molar-refractivity contribution in [2.75, 3.05) is 6.54 Å². The summed E-state index contributed by atoms with van der Waals surface area (Å²) in [5.41, 5.74) is 3.15. The Kier molecular flexibility index (Phi) is 3.85. The molecule has 0 aliphatic carbocycles. The third-order valence-corrected chi connectivity index (χ3v) is 5.04. The van der Waals surface area contributed by atoms with Crippen molar-refractivity contribution in [3.05, 3.63) is 68.4 Å². The highest BCUT2D eigenvalue weighted by molar-refractivity contribution is 14.1. The second-order valence-electron chi connectivity index (χ2n) is 5.84. The third kappa shape index (κ3) is 2.55. The average molecular weight is 424 g/mol. The summed E-state index contributed by atoms with van der Waals surface area (Å²) in [5.74, 6) is -1.00. The lowest BCUT2D eigenvalue weighted by Crippen LogP contribution is -2.24. The van der Waals surface area contributed by atoms with Crippen LogP contribution >= 0.6 is 22.6 Å². The molecule has 0 amide bonds. The Morgan fingerprint density at radius 2 is 1.83 bits per heavy atom. The quantitative estimate of drug-likeness (QED) is 0.546. The molecule has 118 valence electrons. The topological polar surface area (TPSA) is 27.8 Å². The molecule has 0 saturated heterocycles. The Morgan fingerprint density at radius 3 is 2.61 bits per heavy atom. The number of para-hydroxylation sites is 1. The summed E-state index contributed by atoms with van der Waals surface area (Å²) in [6.45, 7) is 0.729. The normalized spacial score (nSPS) is 18.0. The molecular formula is C18H15F2IN2. The molecule has 1 atom stereocenters. The maximum absolute atomic E-state index is 14.5. The first-order chi connectivity index (χ1) is 11.1. The van der Waals surface area contributed by atoms with Crippen molar-refractivity contribution in [3.63, 3.8) is 0 Å². The van der Waals surface area contributed by atoms with Gasteiger partial charge < -0.3 is 10.3 Å². The van der Waals surface area contributed by atoms with Gasteiger partial charge in [-0.1, -0.05) is 18.2 Å². The maximum atomic E-state index is 14.5. The minimum absolute atomic E-state index is 0.0973. The fraction of sp³-hybridized carbons (Fsp3) is 0.222. The van der Waals surface area contributed by atoms with Crippen LogP contribution in [0.25, 0.3) is 10.9 Å². The van der Waals surface area contributed by atoms with Crippen LogP contribution in [0.15, 0.2) is 36.4 Å². The molecule has 5 heteroatoms. The zero-order chi connectivity index (χ0) is 16.0. The van der Waals surface area contributed by atoms with Gasteiger partial charge in [-0.25, -0.2) is 8.78 Å². The number of nitrogens with one attached hydrogen (secondary N) is 2. The van der Waals surface area contributed by atoms with Crippen molar-refractivity contribution in [2.24, 2.45) is 0 Å². The largest absolute Gasteiger partial charge is 0.357 e. The highest BCUT2D eigenvalue weighted by Gasteiger charge is 2.28. The Bertz CT molecular complexity index is 865. The lowest BCUT2D eigenvalue weighted by molar-refractivity contribution is 0.502. The second-order valence-corrected chi connectivity index (χ2v) is 7.08. The first-order valence-corrected chi connectivity index (χ1v) is 8.70. The molecule has 0 fully saturated rings. The van der Waals surface area contributed by atoms with Crippen molar-refractivity contribution < 1.29 is 8.78 Å². The first-order valence-electron chi connectivity index (χ1n) is 7.62. The van der Waals surface area contributed by atoms with Crippen molar-refractivity contribution in [1.82, 2.24) is 10.3 Å². The number of halogens is 3. The van der Waals surface area contributed by atoms with Gasteiger partial charge in [0.25, 0.3) is 0 Å². The molecule has 0 saturated carbocycles. The second kappa shape index (κ2) is 5.87. The van der Waals surface area contributed by atoms with E-state index >= 15 is 0 Å². The Morgan fingerprint density at radius 1 is 1.09 bits per heavy atom. The Balaban J connectivity index is 1.94. The number of benzene rings is 2. The van der Waals surface area contributed by atoms with Crippen LogP contribution in [0.2, 0.25) is 0 Å². The number of aryl methyl sites for hydroxylation is 1. The molecule has 4 rings (SSSR count). The fourth-order valence-electron chi connectivity index (χ4n) is 3.43. The van der Waals surface area contributed by atoms with Crippen molar-refractivity contribution in [1.29, 1.82) is 0 Å². The van der Waals surface area contributed by atoms with Crippen LogP contribution in [0.1, 0.15) is 29.3 Å². The maximum Gasteiger partial charge on any atom is 0.132 e. The number of hydrogen-bond donors (Lipinski definition) is 2. The summed E-state index contributed by atoms with van der Waals surface area (Å²) in [6, 6.07) is 10.3. The predicted molar refractivity (Wildman–Crippen MR) is 95.5 cm³/mol. The van der Waals surface area contributed by atoms with Crippen molar-refractivity contribution >= 4 is 33.5 Å². The lowest BCUT2D eigenvalue weighted by atomic mass is 9.98. The number of H-pyrrole nitrogens is 1. The van der Waals surface area contributed by atoms with E-state index in [1.807, 2.05) is 40.8 Å². The van der Waals surface area contributed by atoms with Gasteiger partial charge in [0.2, 0.25) is 0 Å². The van der Waals surface area contributed by atoms with Crippen molar-refractivity contribution in [3.8, 4) is 0 Å². The number of rotatable bonds is 1. The third-order valence-electron chi connectivity index (χ3n) is 4.42. The SMILES string of the molecule is Fc1cc(I)cc(F)c1C1NCCCc2c1[nH]c1ccccc21. The van der Waals surface area contributed by atoms with Gasteiger partial charge in [0.1, 0.15) is 11.6 Å². The van der Waals surface area contributed by atoms with Gasteiger partial charge >= 0.3 is 0 Å². The zero-order valence-corrected chi connectivity index (χ0v) is 14.5. The van der Waals surface area contributed by atoms with Gasteiger partial charge in [-0.3, -0.25) is 0 Å². The molecule has 0 bridgehead atoms. The van der Waals surface area contributed by atoms with Gasteiger partial charge in [-0.05, 0) is 65.7 Å². The van der Waals surface area contributed by atoms with Crippen LogP contribution in [0.5, 0.6) is 0 Å². The fourth-order valence-corrected chi connectivity index (χ4v) is 3.97. The Hall–Kier alpha value is -1.47. The van der Waals surface area contributed by atoms with E-state index in [0.29, 0.717) is 3.57 Å². The van der Waals surface area contributed by atoms with E-state index in [4.69, 9.17) is 0 Å². The van der Waals surface area contributed by atoms with Crippen LogP contribution < -0.4 is 5.32 Å². The summed E-state index contributed by atoms with van der Waals surface area (Å²) in [5, 5.41) is 4.44. The molecule has 2 N–H and O–H groups in total. The smallest absolute Gasteiger partial charge is 0.132 e.